The van der Waals surface area contributed by atoms with Crippen molar-refractivity contribution in [2.75, 3.05) is 31.6 Å². The molecule has 4 rings (SSSR count). The topological polar surface area (TPSA) is 92.8 Å². The largest absolute Gasteiger partial charge is 0.462 e. The van der Waals surface area contributed by atoms with Gasteiger partial charge in [0.05, 0.1) is 23.6 Å². The summed E-state index contributed by atoms with van der Waals surface area (Å²) >= 11 is 1.53. The highest BCUT2D eigenvalue weighted by atomic mass is 32.2. The van der Waals surface area contributed by atoms with E-state index in [1.165, 1.54) is 32.7 Å². The number of carbonyl (C=O) groups is 2. The number of anilines is 1. The van der Waals surface area contributed by atoms with Gasteiger partial charge in [-0.2, -0.15) is 4.31 Å². The van der Waals surface area contributed by atoms with Crippen LogP contribution in [0.1, 0.15) is 70.7 Å². The molecule has 0 bridgehead atoms. The summed E-state index contributed by atoms with van der Waals surface area (Å²) in [5, 5.41) is 3.83. The first-order valence-corrected chi connectivity index (χ1v) is 14.3. The van der Waals surface area contributed by atoms with Crippen LogP contribution in [0.3, 0.4) is 0 Å². The Balaban J connectivity index is 1.45. The zero-order chi connectivity index (χ0) is 24.3. The van der Waals surface area contributed by atoms with E-state index in [-0.39, 0.29) is 23.2 Å². The molecular formula is C25H32N2O5S2. The van der Waals surface area contributed by atoms with Crippen molar-refractivity contribution in [2.24, 2.45) is 5.92 Å². The summed E-state index contributed by atoms with van der Waals surface area (Å²) in [4.78, 5) is 26.8. The Labute approximate surface area is 205 Å². The first-order chi connectivity index (χ1) is 16.3. The molecule has 2 heterocycles. The summed E-state index contributed by atoms with van der Waals surface area (Å²) in [6.45, 7) is 5.29. The standard InChI is InChI=1S/C25H32N2O5S2/c1-3-32-25(29)23-20-6-4-5-7-22(20)33-24(23)26-16-21(28)18-8-10-19(11-9-18)34(30,31)27-14-12-17(2)13-15-27/h8-11,17,26H,3-7,12-16H2,1-2H3. The number of esters is 1. The third-order valence-corrected chi connectivity index (χ3v) is 9.78. The number of hydrogen-bond donors (Lipinski definition) is 1. The number of aryl methyl sites for hydroxylation is 1. The van der Waals surface area contributed by atoms with Crippen molar-refractivity contribution in [3.63, 3.8) is 0 Å². The molecule has 7 nitrogen and oxygen atoms in total. The number of carbonyl (C=O) groups excluding carboxylic acids is 2. The van der Waals surface area contributed by atoms with Gasteiger partial charge in [-0.1, -0.05) is 6.92 Å². The molecule has 0 radical (unpaired) electrons. The molecule has 0 spiro atoms. The molecule has 1 aliphatic carbocycles. The summed E-state index contributed by atoms with van der Waals surface area (Å²) in [7, 11) is -3.55. The summed E-state index contributed by atoms with van der Waals surface area (Å²) in [5.74, 6) is 0.0210. The molecule has 2 aromatic rings. The van der Waals surface area contributed by atoms with E-state index in [1.807, 2.05) is 0 Å². The Morgan fingerprint density at radius 1 is 1.12 bits per heavy atom. The van der Waals surface area contributed by atoms with Gasteiger partial charge in [0.15, 0.2) is 5.78 Å². The van der Waals surface area contributed by atoms with Crippen LogP contribution in [0.25, 0.3) is 0 Å². The average molecular weight is 505 g/mol. The third-order valence-electron chi connectivity index (χ3n) is 6.62. The van der Waals surface area contributed by atoms with Gasteiger partial charge in [-0.25, -0.2) is 13.2 Å². The molecule has 1 aromatic carbocycles. The highest BCUT2D eigenvalue weighted by molar-refractivity contribution is 7.89. The van der Waals surface area contributed by atoms with Gasteiger partial charge >= 0.3 is 5.97 Å². The number of Topliss-reactive ketones (excluding diaryl/α,β-unsaturated/α-hetero) is 1. The van der Waals surface area contributed by atoms with E-state index in [1.54, 1.807) is 19.1 Å². The molecule has 184 valence electrons. The van der Waals surface area contributed by atoms with Crippen molar-refractivity contribution in [1.82, 2.24) is 4.31 Å². The van der Waals surface area contributed by atoms with Crippen LogP contribution in [0.15, 0.2) is 29.2 Å². The number of rotatable bonds is 8. The van der Waals surface area contributed by atoms with Crippen LogP contribution in [0.2, 0.25) is 0 Å². The molecule has 1 N–H and O–H groups in total. The van der Waals surface area contributed by atoms with Gasteiger partial charge in [0.25, 0.3) is 0 Å². The number of piperidine rings is 1. The maximum Gasteiger partial charge on any atom is 0.341 e. The number of thiophene rings is 1. The van der Waals surface area contributed by atoms with E-state index < -0.39 is 10.0 Å². The van der Waals surface area contributed by atoms with Crippen molar-refractivity contribution in [2.45, 2.75) is 57.3 Å². The monoisotopic (exact) mass is 504 g/mol. The number of ketones is 1. The zero-order valence-corrected chi connectivity index (χ0v) is 21.4. The maximum atomic E-state index is 12.9. The first-order valence-electron chi connectivity index (χ1n) is 12.0. The second kappa shape index (κ2) is 10.6. The number of sulfonamides is 1. The Morgan fingerprint density at radius 3 is 2.47 bits per heavy atom. The predicted molar refractivity (Wildman–Crippen MR) is 133 cm³/mol. The van der Waals surface area contributed by atoms with Crippen molar-refractivity contribution >= 4 is 38.1 Å². The van der Waals surface area contributed by atoms with Gasteiger partial charge in [-0.05, 0) is 81.2 Å². The molecule has 2 aliphatic rings. The maximum absolute atomic E-state index is 12.9. The second-order valence-electron chi connectivity index (χ2n) is 9.02. The van der Waals surface area contributed by atoms with Crippen LogP contribution >= 0.6 is 11.3 Å². The molecule has 1 fully saturated rings. The van der Waals surface area contributed by atoms with Crippen molar-refractivity contribution in [3.05, 3.63) is 45.8 Å². The van der Waals surface area contributed by atoms with Crippen LogP contribution in [0.4, 0.5) is 5.00 Å². The number of benzene rings is 1. The molecule has 0 atom stereocenters. The molecule has 1 saturated heterocycles. The van der Waals surface area contributed by atoms with E-state index in [9.17, 15) is 18.0 Å². The lowest BCUT2D eigenvalue weighted by molar-refractivity contribution is 0.0526. The molecule has 34 heavy (non-hydrogen) atoms. The smallest absolute Gasteiger partial charge is 0.341 e. The molecule has 9 heteroatoms. The van der Waals surface area contributed by atoms with Crippen LogP contribution in [-0.4, -0.2) is 50.7 Å². The number of fused-ring (bicyclic) bond motifs is 1. The Bertz CT molecular complexity index is 1150. The lowest BCUT2D eigenvalue weighted by Crippen LogP contribution is -2.37. The molecular weight excluding hydrogens is 472 g/mol. The Kier molecular flexibility index (Phi) is 7.74. The SMILES string of the molecule is CCOC(=O)c1c(NCC(=O)c2ccc(S(=O)(=O)N3CCC(C)CC3)cc2)sc2c1CCCC2. The zero-order valence-electron chi connectivity index (χ0n) is 19.8. The minimum atomic E-state index is -3.55. The van der Waals surface area contributed by atoms with Gasteiger partial charge in [-0.3, -0.25) is 4.79 Å². The quantitative estimate of drug-likeness (QED) is 0.420. The summed E-state index contributed by atoms with van der Waals surface area (Å²) in [6, 6.07) is 6.15. The van der Waals surface area contributed by atoms with E-state index in [2.05, 4.69) is 12.2 Å². The molecule has 0 amide bonds. The predicted octanol–water partition coefficient (Wildman–Crippen LogP) is 4.52. The molecule has 1 aromatic heterocycles. The normalized spacial score (nSPS) is 17.2. The van der Waals surface area contributed by atoms with Crippen molar-refractivity contribution < 1.29 is 22.7 Å². The van der Waals surface area contributed by atoms with Crippen LogP contribution in [-0.2, 0) is 27.6 Å². The molecule has 1 aliphatic heterocycles. The fraction of sp³-hybridized carbons (Fsp3) is 0.520. The lowest BCUT2D eigenvalue weighted by Gasteiger charge is -2.29. The van der Waals surface area contributed by atoms with Gasteiger partial charge in [0.2, 0.25) is 10.0 Å². The number of ether oxygens (including phenoxy) is 1. The Morgan fingerprint density at radius 2 is 1.79 bits per heavy atom. The van der Waals surface area contributed by atoms with Crippen molar-refractivity contribution in [1.29, 1.82) is 0 Å². The number of hydrogen-bond acceptors (Lipinski definition) is 7. The van der Waals surface area contributed by atoms with Gasteiger partial charge in [-0.15, -0.1) is 11.3 Å². The second-order valence-corrected chi connectivity index (χ2v) is 12.1. The fourth-order valence-electron chi connectivity index (χ4n) is 4.56. The van der Waals surface area contributed by atoms with Gasteiger partial charge in [0.1, 0.15) is 5.00 Å². The summed E-state index contributed by atoms with van der Waals surface area (Å²) < 4.78 is 32.6. The lowest BCUT2D eigenvalue weighted by atomic mass is 9.95. The first kappa shape index (κ1) is 24.9. The molecule has 0 saturated carbocycles. The van der Waals surface area contributed by atoms with Gasteiger partial charge < -0.3 is 10.1 Å². The summed E-state index contributed by atoms with van der Waals surface area (Å²) in [5.41, 5.74) is 2.04. The van der Waals surface area contributed by atoms with Crippen LogP contribution in [0.5, 0.6) is 0 Å². The summed E-state index contributed by atoms with van der Waals surface area (Å²) in [6.07, 6.45) is 5.65. The highest BCUT2D eigenvalue weighted by Crippen LogP contribution is 2.38. The number of nitrogens with zero attached hydrogens (tertiary/aromatic N) is 1. The Hall–Kier alpha value is -2.23. The van der Waals surface area contributed by atoms with E-state index in [0.717, 1.165) is 44.1 Å². The van der Waals surface area contributed by atoms with Gasteiger partial charge in [0, 0.05) is 23.5 Å². The van der Waals surface area contributed by atoms with E-state index >= 15 is 0 Å². The minimum absolute atomic E-state index is 0.0158. The van der Waals surface area contributed by atoms with Crippen LogP contribution in [0, 0.1) is 5.92 Å². The van der Waals surface area contributed by atoms with E-state index in [4.69, 9.17) is 4.74 Å². The average Bonchev–Trinajstić information content (AvgIpc) is 3.21. The third kappa shape index (κ3) is 5.21. The fourth-order valence-corrected chi connectivity index (χ4v) is 7.30. The van der Waals surface area contributed by atoms with E-state index in [0.29, 0.717) is 41.7 Å². The number of nitrogens with one attached hydrogen (secondary N) is 1. The highest BCUT2D eigenvalue weighted by Gasteiger charge is 2.29. The van der Waals surface area contributed by atoms with Crippen molar-refractivity contribution in [3.8, 4) is 0 Å². The van der Waals surface area contributed by atoms with Crippen LogP contribution < -0.4 is 5.32 Å². The minimum Gasteiger partial charge on any atom is -0.462 e. The molecule has 0 unspecified atom stereocenters.